The molecule has 1 fully saturated rings. The summed E-state index contributed by atoms with van der Waals surface area (Å²) in [6.45, 7) is 17.2. The Morgan fingerprint density at radius 1 is 1.08 bits per heavy atom. The molecule has 0 amide bonds. The third kappa shape index (κ3) is 1.90. The zero-order chi connectivity index (χ0) is 8.48. The average Bonchev–Trinajstić information content (AvgIpc) is 2.29. The Hall–Kier alpha value is -0.270. The van der Waals surface area contributed by atoms with E-state index >= 15 is 0 Å². The van der Waals surface area contributed by atoms with E-state index in [1.165, 1.54) is 24.2 Å². The van der Waals surface area contributed by atoms with Crippen LogP contribution in [0.25, 0.3) is 0 Å². The van der Waals surface area contributed by atoms with Crippen LogP contribution in [-0.4, -0.2) is 30.7 Å². The second kappa shape index (κ2) is 4.11. The summed E-state index contributed by atoms with van der Waals surface area (Å²) in [5, 5.41) is 0. The number of halogens is 1. The summed E-state index contributed by atoms with van der Waals surface area (Å²) < 4.78 is 1.16. The molecule has 0 spiro atoms. The number of likely N-dealkylation sites (N-methyl/N-ethyl adjacent to an activating group) is 1. The molecule has 1 saturated heterocycles. The van der Waals surface area contributed by atoms with Crippen LogP contribution in [0.15, 0.2) is 24.3 Å². The molecule has 1 nitrogen and oxygen atoms in total. The first kappa shape index (κ1) is 11.7. The van der Waals surface area contributed by atoms with Gasteiger partial charge in [0.2, 0.25) is 0 Å². The number of hydrogen-bond acceptors (Lipinski definition) is 0. The van der Waals surface area contributed by atoms with Gasteiger partial charge in [0.05, 0.1) is 13.1 Å². The molecule has 0 unspecified atom stereocenters. The number of likely N-dealkylation sites (tertiary alicyclic amines) is 1. The van der Waals surface area contributed by atoms with Crippen molar-refractivity contribution in [2.75, 3.05) is 26.2 Å². The second-order valence-corrected chi connectivity index (χ2v) is 3.50. The van der Waals surface area contributed by atoms with E-state index < -0.39 is 0 Å². The van der Waals surface area contributed by atoms with Crippen molar-refractivity contribution in [1.29, 1.82) is 0 Å². The summed E-state index contributed by atoms with van der Waals surface area (Å²) in [6, 6.07) is 0. The average molecular weight is 188 g/mol. The molecule has 0 bridgehead atoms. The lowest BCUT2D eigenvalue weighted by molar-refractivity contribution is -0.908. The molecule has 1 rings (SSSR count). The fourth-order valence-corrected chi connectivity index (χ4v) is 1.76. The van der Waals surface area contributed by atoms with Crippen molar-refractivity contribution < 1.29 is 16.9 Å². The van der Waals surface area contributed by atoms with E-state index in [9.17, 15) is 0 Å². The number of nitrogens with zero attached hydrogens (tertiary/aromatic N) is 1. The Morgan fingerprint density at radius 3 is 1.58 bits per heavy atom. The van der Waals surface area contributed by atoms with E-state index in [1.54, 1.807) is 0 Å². The molecule has 2 heteroatoms. The van der Waals surface area contributed by atoms with Crippen molar-refractivity contribution >= 4 is 0 Å². The van der Waals surface area contributed by atoms with Gasteiger partial charge in [0.1, 0.15) is 13.1 Å². The zero-order valence-electron chi connectivity index (χ0n) is 8.07. The van der Waals surface area contributed by atoms with Gasteiger partial charge in [-0.3, -0.25) is 0 Å². The molecule has 0 radical (unpaired) electrons. The molecule has 0 aromatic carbocycles. The maximum Gasteiger partial charge on any atom is 0.104 e. The highest BCUT2D eigenvalue weighted by Crippen LogP contribution is 2.25. The fraction of sp³-hybridized carbons (Fsp3) is 0.600. The summed E-state index contributed by atoms with van der Waals surface area (Å²) in [5.74, 6) is 0. The van der Waals surface area contributed by atoms with Crippen LogP contribution in [0.1, 0.15) is 13.8 Å². The summed E-state index contributed by atoms with van der Waals surface area (Å²) in [4.78, 5) is 0. The highest BCUT2D eigenvalue weighted by molar-refractivity contribution is 5.29. The van der Waals surface area contributed by atoms with Crippen LogP contribution in [0.2, 0.25) is 0 Å². The van der Waals surface area contributed by atoms with Gasteiger partial charge in [0.25, 0.3) is 0 Å². The van der Waals surface area contributed by atoms with E-state index in [0.717, 1.165) is 17.6 Å². The van der Waals surface area contributed by atoms with Crippen LogP contribution in [0.4, 0.5) is 0 Å². The monoisotopic (exact) mass is 187 g/mol. The predicted molar refractivity (Wildman–Crippen MR) is 49.4 cm³/mol. The van der Waals surface area contributed by atoms with Crippen molar-refractivity contribution in [2.24, 2.45) is 0 Å². The molecule has 1 heterocycles. The zero-order valence-corrected chi connectivity index (χ0v) is 8.82. The van der Waals surface area contributed by atoms with Crippen LogP contribution in [0.3, 0.4) is 0 Å². The van der Waals surface area contributed by atoms with Crippen molar-refractivity contribution in [1.82, 2.24) is 0 Å². The maximum atomic E-state index is 4.01. The van der Waals surface area contributed by atoms with E-state index in [-0.39, 0.29) is 12.4 Å². The standard InChI is InChI=1S/C10H18N.ClH/c1-5-11(6-2)7-9(3)10(4)8-11;/h3-8H2,1-2H3;1H/q+1;/p-1. The molecule has 0 aliphatic carbocycles. The first-order valence-electron chi connectivity index (χ1n) is 4.34. The highest BCUT2D eigenvalue weighted by Gasteiger charge is 2.32. The smallest absolute Gasteiger partial charge is 0.104 e. The Kier molecular flexibility index (Phi) is 4.01. The first-order valence-corrected chi connectivity index (χ1v) is 4.34. The number of quaternary nitrogens is 1. The van der Waals surface area contributed by atoms with Gasteiger partial charge in [-0.2, -0.15) is 0 Å². The predicted octanol–water partition coefficient (Wildman–Crippen LogP) is -1.03. The highest BCUT2D eigenvalue weighted by atomic mass is 35.5. The Labute approximate surface area is 81.8 Å². The molecule has 0 N–H and O–H groups in total. The normalized spacial score (nSPS) is 20.8. The largest absolute Gasteiger partial charge is 1.00 e. The molecule has 0 aromatic heterocycles. The van der Waals surface area contributed by atoms with Crippen LogP contribution >= 0.6 is 0 Å². The molecule has 12 heavy (non-hydrogen) atoms. The molecule has 70 valence electrons. The summed E-state index contributed by atoms with van der Waals surface area (Å²) >= 11 is 0. The van der Waals surface area contributed by atoms with Crippen LogP contribution in [0.5, 0.6) is 0 Å². The molecule has 0 aromatic rings. The third-order valence-electron chi connectivity index (χ3n) is 2.89. The van der Waals surface area contributed by atoms with Crippen molar-refractivity contribution in [2.45, 2.75) is 13.8 Å². The lowest BCUT2D eigenvalue weighted by Crippen LogP contribution is -3.00. The molecular weight excluding hydrogens is 170 g/mol. The maximum absolute atomic E-state index is 4.01. The van der Waals surface area contributed by atoms with Crippen LogP contribution < -0.4 is 12.4 Å². The van der Waals surface area contributed by atoms with Gasteiger partial charge >= 0.3 is 0 Å². The Balaban J connectivity index is 0.00000121. The molecule has 0 saturated carbocycles. The molecular formula is C10H18ClN. The summed E-state index contributed by atoms with van der Waals surface area (Å²) in [7, 11) is 0. The Bertz CT molecular complexity index is 174. The fourth-order valence-electron chi connectivity index (χ4n) is 1.76. The van der Waals surface area contributed by atoms with Gasteiger partial charge in [0.15, 0.2) is 0 Å². The summed E-state index contributed by atoms with van der Waals surface area (Å²) in [5.41, 5.74) is 2.52. The van der Waals surface area contributed by atoms with Gasteiger partial charge < -0.3 is 16.9 Å². The molecule has 1 aliphatic heterocycles. The van der Waals surface area contributed by atoms with E-state index in [1.807, 2.05) is 0 Å². The van der Waals surface area contributed by atoms with E-state index in [4.69, 9.17) is 0 Å². The van der Waals surface area contributed by atoms with Crippen molar-refractivity contribution in [3.05, 3.63) is 24.3 Å². The minimum atomic E-state index is 0. The Morgan fingerprint density at radius 2 is 1.42 bits per heavy atom. The quantitative estimate of drug-likeness (QED) is 0.486. The number of rotatable bonds is 2. The minimum absolute atomic E-state index is 0. The van der Waals surface area contributed by atoms with Crippen LogP contribution in [0, 0.1) is 0 Å². The van der Waals surface area contributed by atoms with Crippen molar-refractivity contribution in [3.8, 4) is 0 Å². The molecule has 0 atom stereocenters. The van der Waals surface area contributed by atoms with E-state index in [0.29, 0.717) is 0 Å². The van der Waals surface area contributed by atoms with Crippen LogP contribution in [-0.2, 0) is 0 Å². The van der Waals surface area contributed by atoms with Gasteiger partial charge in [-0.05, 0) is 13.8 Å². The van der Waals surface area contributed by atoms with Crippen molar-refractivity contribution in [3.63, 3.8) is 0 Å². The van der Waals surface area contributed by atoms with Gasteiger partial charge in [0, 0.05) is 11.1 Å². The van der Waals surface area contributed by atoms with Gasteiger partial charge in [-0.15, -0.1) is 0 Å². The SMILES string of the molecule is C=C1C[N+](CC)(CC)CC1=C.[Cl-]. The second-order valence-electron chi connectivity index (χ2n) is 3.50. The van der Waals surface area contributed by atoms with Gasteiger partial charge in [-0.1, -0.05) is 13.2 Å². The minimum Gasteiger partial charge on any atom is -1.00 e. The lowest BCUT2D eigenvalue weighted by Gasteiger charge is -2.30. The third-order valence-corrected chi connectivity index (χ3v) is 2.89. The lowest BCUT2D eigenvalue weighted by atomic mass is 10.2. The first-order chi connectivity index (χ1) is 5.13. The number of hydrogen-bond donors (Lipinski definition) is 0. The van der Waals surface area contributed by atoms with E-state index in [2.05, 4.69) is 27.0 Å². The molecule has 1 aliphatic rings. The summed E-state index contributed by atoms with van der Waals surface area (Å²) in [6.07, 6.45) is 0. The topological polar surface area (TPSA) is 0 Å². The van der Waals surface area contributed by atoms with Gasteiger partial charge in [-0.25, -0.2) is 0 Å².